The van der Waals surface area contributed by atoms with Gasteiger partial charge < -0.3 is 5.11 Å². The summed E-state index contributed by atoms with van der Waals surface area (Å²) in [7, 11) is 0. The predicted octanol–water partition coefficient (Wildman–Crippen LogP) is 5.00. The number of alkyl halides is 3. The predicted molar refractivity (Wildman–Crippen MR) is 76.5 cm³/mol. The molecule has 3 rings (SSSR count). The Labute approximate surface area is 122 Å². The van der Waals surface area contributed by atoms with Crippen molar-refractivity contribution >= 4 is 21.6 Å². The summed E-state index contributed by atoms with van der Waals surface area (Å²) in [6, 6.07) is 8.42. The van der Waals surface area contributed by atoms with Crippen LogP contribution in [0.3, 0.4) is 0 Å². The summed E-state index contributed by atoms with van der Waals surface area (Å²) in [6.07, 6.45) is -4.37. The van der Waals surface area contributed by atoms with E-state index in [0.717, 1.165) is 23.3 Å². The van der Waals surface area contributed by atoms with Crippen molar-refractivity contribution in [2.45, 2.75) is 13.1 Å². The second-order valence-corrected chi connectivity index (χ2v) is 5.73. The summed E-state index contributed by atoms with van der Waals surface area (Å²) < 4.78 is 38.8. The van der Waals surface area contributed by atoms with E-state index in [4.69, 9.17) is 0 Å². The summed E-state index contributed by atoms with van der Waals surface area (Å²) in [5, 5.41) is 10.0. The highest BCUT2D eigenvalue weighted by Crippen LogP contribution is 2.36. The molecule has 1 heterocycles. The van der Waals surface area contributed by atoms with Crippen molar-refractivity contribution in [3.8, 4) is 16.3 Å². The fourth-order valence-electron chi connectivity index (χ4n) is 2.11. The van der Waals surface area contributed by atoms with E-state index in [1.54, 1.807) is 12.1 Å². The Bertz CT molecular complexity index is 823. The molecule has 0 amide bonds. The molecule has 0 radical (unpaired) electrons. The minimum Gasteiger partial charge on any atom is -0.508 e. The van der Waals surface area contributed by atoms with Gasteiger partial charge in [0.25, 0.3) is 0 Å². The first-order valence-electron chi connectivity index (χ1n) is 6.12. The summed E-state index contributed by atoms with van der Waals surface area (Å²) in [4.78, 5) is 4.28. The van der Waals surface area contributed by atoms with Crippen LogP contribution in [0.15, 0.2) is 36.4 Å². The van der Waals surface area contributed by atoms with Crippen molar-refractivity contribution < 1.29 is 18.3 Å². The van der Waals surface area contributed by atoms with Crippen molar-refractivity contribution in [3.05, 3.63) is 47.5 Å². The number of benzene rings is 2. The molecule has 0 atom stereocenters. The van der Waals surface area contributed by atoms with E-state index < -0.39 is 11.7 Å². The molecule has 21 heavy (non-hydrogen) atoms. The zero-order valence-electron chi connectivity index (χ0n) is 10.9. The number of hydrogen-bond donors (Lipinski definition) is 1. The standard InChI is InChI=1S/C15H10F3NOS/c1-8-6-10(20)3-4-11(8)14-19-12-7-9(15(16,17)18)2-5-13(12)21-14/h2-7,20H,1H3. The lowest BCUT2D eigenvalue weighted by Crippen LogP contribution is -2.03. The molecule has 0 fully saturated rings. The van der Waals surface area contributed by atoms with Crippen molar-refractivity contribution in [2.24, 2.45) is 0 Å². The van der Waals surface area contributed by atoms with Gasteiger partial charge in [0.1, 0.15) is 10.8 Å². The van der Waals surface area contributed by atoms with Gasteiger partial charge >= 0.3 is 6.18 Å². The maximum Gasteiger partial charge on any atom is 0.416 e. The summed E-state index contributed by atoms with van der Waals surface area (Å²) >= 11 is 1.33. The lowest BCUT2D eigenvalue weighted by Gasteiger charge is -2.04. The molecule has 0 spiro atoms. The van der Waals surface area contributed by atoms with Crippen LogP contribution in [0.1, 0.15) is 11.1 Å². The number of halogens is 3. The molecule has 3 aromatic rings. The Morgan fingerprint density at radius 2 is 1.86 bits per heavy atom. The molecular formula is C15H10F3NOS. The molecule has 0 aliphatic carbocycles. The van der Waals surface area contributed by atoms with Gasteiger partial charge in [0, 0.05) is 5.56 Å². The van der Waals surface area contributed by atoms with Crippen LogP contribution in [0, 0.1) is 6.92 Å². The van der Waals surface area contributed by atoms with Crippen LogP contribution >= 0.6 is 11.3 Å². The molecule has 0 aliphatic rings. The first-order chi connectivity index (χ1) is 9.84. The Hall–Kier alpha value is -2.08. The fraction of sp³-hybridized carbons (Fsp3) is 0.133. The SMILES string of the molecule is Cc1cc(O)ccc1-c1nc2cc(C(F)(F)F)ccc2s1. The maximum absolute atomic E-state index is 12.7. The second kappa shape index (κ2) is 4.73. The van der Waals surface area contributed by atoms with Crippen LogP contribution in [0.5, 0.6) is 5.75 Å². The van der Waals surface area contributed by atoms with Gasteiger partial charge in [0.05, 0.1) is 15.8 Å². The summed E-state index contributed by atoms with van der Waals surface area (Å²) in [5.41, 5.74) is 1.26. The maximum atomic E-state index is 12.7. The molecular weight excluding hydrogens is 299 g/mol. The van der Waals surface area contributed by atoms with Crippen LogP contribution in [0.25, 0.3) is 20.8 Å². The number of nitrogens with zero attached hydrogens (tertiary/aromatic N) is 1. The molecule has 6 heteroatoms. The van der Waals surface area contributed by atoms with Gasteiger partial charge in [-0.25, -0.2) is 4.98 Å². The first-order valence-corrected chi connectivity index (χ1v) is 6.94. The smallest absolute Gasteiger partial charge is 0.416 e. The van der Waals surface area contributed by atoms with Crippen molar-refractivity contribution in [1.82, 2.24) is 4.98 Å². The van der Waals surface area contributed by atoms with E-state index in [-0.39, 0.29) is 5.75 Å². The van der Waals surface area contributed by atoms with Crippen LogP contribution in [-0.4, -0.2) is 10.1 Å². The van der Waals surface area contributed by atoms with Gasteiger partial charge in [0.2, 0.25) is 0 Å². The Morgan fingerprint density at radius 3 is 2.52 bits per heavy atom. The summed E-state index contributed by atoms with van der Waals surface area (Å²) in [5.74, 6) is 0.150. The van der Waals surface area contributed by atoms with Crippen molar-refractivity contribution in [3.63, 3.8) is 0 Å². The lowest BCUT2D eigenvalue weighted by atomic mass is 10.1. The quantitative estimate of drug-likeness (QED) is 0.686. The number of aryl methyl sites for hydroxylation is 1. The number of rotatable bonds is 1. The number of phenols is 1. The van der Waals surface area contributed by atoms with Gasteiger partial charge in [-0.2, -0.15) is 13.2 Å². The number of fused-ring (bicyclic) bond motifs is 1. The second-order valence-electron chi connectivity index (χ2n) is 4.70. The zero-order chi connectivity index (χ0) is 15.2. The number of aromatic nitrogens is 1. The van der Waals surface area contributed by atoms with E-state index in [2.05, 4.69) is 4.98 Å². The highest BCUT2D eigenvalue weighted by molar-refractivity contribution is 7.21. The monoisotopic (exact) mass is 309 g/mol. The van der Waals surface area contributed by atoms with E-state index in [9.17, 15) is 18.3 Å². The minimum atomic E-state index is -4.37. The molecule has 0 unspecified atom stereocenters. The van der Waals surface area contributed by atoms with Gasteiger partial charge in [0.15, 0.2) is 0 Å². The van der Waals surface area contributed by atoms with Gasteiger partial charge in [-0.3, -0.25) is 0 Å². The summed E-state index contributed by atoms with van der Waals surface area (Å²) in [6.45, 7) is 1.82. The normalized spacial score (nSPS) is 12.0. The molecule has 1 aromatic heterocycles. The van der Waals surface area contributed by atoms with Crippen molar-refractivity contribution in [2.75, 3.05) is 0 Å². The van der Waals surface area contributed by atoms with Crippen LogP contribution in [0.2, 0.25) is 0 Å². The third-order valence-corrected chi connectivity index (χ3v) is 4.22. The third kappa shape index (κ3) is 2.58. The van der Waals surface area contributed by atoms with Gasteiger partial charge in [-0.1, -0.05) is 0 Å². The average molecular weight is 309 g/mol. The van der Waals surface area contributed by atoms with Crippen LogP contribution < -0.4 is 0 Å². The number of hydrogen-bond acceptors (Lipinski definition) is 3. The van der Waals surface area contributed by atoms with Crippen molar-refractivity contribution in [1.29, 1.82) is 0 Å². The molecule has 0 aliphatic heterocycles. The number of phenolic OH excluding ortho intramolecular Hbond substituents is 1. The van der Waals surface area contributed by atoms with Gasteiger partial charge in [-0.15, -0.1) is 11.3 Å². The van der Waals surface area contributed by atoms with Gasteiger partial charge in [-0.05, 0) is 48.9 Å². The number of thiazole rings is 1. The molecule has 0 saturated carbocycles. The molecule has 108 valence electrons. The largest absolute Gasteiger partial charge is 0.508 e. The van der Waals surface area contributed by atoms with E-state index in [0.29, 0.717) is 15.2 Å². The topological polar surface area (TPSA) is 33.1 Å². The highest BCUT2D eigenvalue weighted by atomic mass is 32.1. The van der Waals surface area contributed by atoms with Crippen LogP contribution in [-0.2, 0) is 6.18 Å². The molecule has 2 nitrogen and oxygen atoms in total. The molecule has 0 saturated heterocycles. The Balaban J connectivity index is 2.13. The third-order valence-electron chi connectivity index (χ3n) is 3.16. The first kappa shape index (κ1) is 13.9. The van der Waals surface area contributed by atoms with Crippen LogP contribution in [0.4, 0.5) is 13.2 Å². The van der Waals surface area contributed by atoms with E-state index in [1.165, 1.54) is 23.5 Å². The Morgan fingerprint density at radius 1 is 1.10 bits per heavy atom. The average Bonchev–Trinajstić information content (AvgIpc) is 2.79. The van der Waals surface area contributed by atoms with E-state index >= 15 is 0 Å². The molecule has 2 aromatic carbocycles. The fourth-order valence-corrected chi connectivity index (χ4v) is 3.14. The lowest BCUT2D eigenvalue weighted by molar-refractivity contribution is -0.137. The molecule has 0 bridgehead atoms. The molecule has 1 N–H and O–H groups in total. The zero-order valence-corrected chi connectivity index (χ0v) is 11.7. The number of aromatic hydroxyl groups is 1. The van der Waals surface area contributed by atoms with E-state index in [1.807, 2.05) is 6.92 Å². The highest BCUT2D eigenvalue weighted by Gasteiger charge is 2.30. The Kier molecular flexibility index (Phi) is 3.13. The minimum absolute atomic E-state index is 0.150.